The molecule has 0 aromatic heterocycles. The van der Waals surface area contributed by atoms with Crippen LogP contribution in [0.5, 0.6) is 5.75 Å². The smallest absolute Gasteiger partial charge is 0.304 e. The first-order valence-corrected chi connectivity index (χ1v) is 5.80. The van der Waals surface area contributed by atoms with Crippen LogP contribution in [0.4, 0.5) is 0 Å². The van der Waals surface area contributed by atoms with E-state index in [4.69, 9.17) is 9.84 Å². The lowest BCUT2D eigenvalue weighted by Crippen LogP contribution is -1.96. The van der Waals surface area contributed by atoms with Crippen molar-refractivity contribution in [3.63, 3.8) is 0 Å². The summed E-state index contributed by atoms with van der Waals surface area (Å²) in [6.45, 7) is 0. The van der Waals surface area contributed by atoms with Gasteiger partial charge in [-0.2, -0.15) is 11.8 Å². The zero-order valence-electron chi connectivity index (χ0n) is 8.60. The second-order valence-corrected chi connectivity index (χ2v) is 4.15. The van der Waals surface area contributed by atoms with E-state index < -0.39 is 5.97 Å². The molecule has 1 aromatic rings. The van der Waals surface area contributed by atoms with E-state index in [0.717, 1.165) is 17.1 Å². The van der Waals surface area contributed by atoms with Gasteiger partial charge >= 0.3 is 5.97 Å². The summed E-state index contributed by atoms with van der Waals surface area (Å²) in [7, 11) is 1.64. The average Bonchev–Trinajstić information content (AvgIpc) is 2.24. The molecular weight excluding hydrogens is 212 g/mol. The minimum absolute atomic E-state index is 0.217. The van der Waals surface area contributed by atoms with E-state index in [1.807, 2.05) is 24.3 Å². The van der Waals surface area contributed by atoms with Gasteiger partial charge in [-0.25, -0.2) is 0 Å². The van der Waals surface area contributed by atoms with Crippen LogP contribution in [0.15, 0.2) is 24.3 Å². The Morgan fingerprint density at radius 2 is 2.33 bits per heavy atom. The monoisotopic (exact) mass is 226 g/mol. The van der Waals surface area contributed by atoms with E-state index in [1.165, 1.54) is 0 Å². The Morgan fingerprint density at radius 1 is 1.53 bits per heavy atom. The zero-order valence-corrected chi connectivity index (χ0v) is 9.42. The number of carbonyl (C=O) groups is 1. The van der Waals surface area contributed by atoms with E-state index in [9.17, 15) is 4.79 Å². The lowest BCUT2D eigenvalue weighted by Gasteiger charge is -2.03. The fourth-order valence-corrected chi connectivity index (χ4v) is 1.99. The molecule has 15 heavy (non-hydrogen) atoms. The average molecular weight is 226 g/mol. The number of methoxy groups -OCH3 is 1. The van der Waals surface area contributed by atoms with Crippen molar-refractivity contribution in [2.24, 2.45) is 0 Å². The van der Waals surface area contributed by atoms with Crippen LogP contribution in [-0.2, 0) is 10.5 Å². The van der Waals surface area contributed by atoms with Gasteiger partial charge in [-0.1, -0.05) is 12.1 Å². The quantitative estimate of drug-likeness (QED) is 0.757. The minimum atomic E-state index is -0.742. The minimum Gasteiger partial charge on any atom is -0.497 e. The molecule has 0 aliphatic rings. The number of benzene rings is 1. The summed E-state index contributed by atoms with van der Waals surface area (Å²) in [4.78, 5) is 10.3. The number of carboxylic acids is 1. The molecule has 0 heterocycles. The molecule has 0 aliphatic carbocycles. The molecular formula is C11H14O3S. The van der Waals surface area contributed by atoms with Gasteiger partial charge in [0.15, 0.2) is 0 Å². The number of hydrogen-bond donors (Lipinski definition) is 1. The summed E-state index contributed by atoms with van der Waals surface area (Å²) in [6.07, 6.45) is 0.217. The molecule has 0 bridgehead atoms. The lowest BCUT2D eigenvalue weighted by molar-refractivity contribution is -0.136. The number of rotatable bonds is 6. The molecule has 0 radical (unpaired) electrons. The second kappa shape index (κ2) is 6.35. The van der Waals surface area contributed by atoms with Crippen LogP contribution in [0.1, 0.15) is 12.0 Å². The molecule has 0 amide bonds. The van der Waals surface area contributed by atoms with Crippen LogP contribution in [0.25, 0.3) is 0 Å². The maximum atomic E-state index is 10.3. The lowest BCUT2D eigenvalue weighted by atomic mass is 10.2. The van der Waals surface area contributed by atoms with Crippen molar-refractivity contribution in [1.82, 2.24) is 0 Å². The number of thioether (sulfide) groups is 1. The summed E-state index contributed by atoms with van der Waals surface area (Å²) < 4.78 is 5.10. The molecule has 4 heteroatoms. The van der Waals surface area contributed by atoms with Crippen molar-refractivity contribution in [1.29, 1.82) is 0 Å². The van der Waals surface area contributed by atoms with E-state index in [0.29, 0.717) is 5.75 Å². The highest BCUT2D eigenvalue weighted by molar-refractivity contribution is 7.98. The van der Waals surface area contributed by atoms with Crippen LogP contribution in [-0.4, -0.2) is 23.9 Å². The molecule has 1 rings (SSSR count). The maximum absolute atomic E-state index is 10.3. The van der Waals surface area contributed by atoms with Crippen molar-refractivity contribution in [2.45, 2.75) is 12.2 Å². The van der Waals surface area contributed by atoms with Gasteiger partial charge in [0.1, 0.15) is 5.75 Å². The van der Waals surface area contributed by atoms with Gasteiger partial charge < -0.3 is 9.84 Å². The predicted octanol–water partition coefficient (Wildman–Crippen LogP) is 2.40. The van der Waals surface area contributed by atoms with Crippen LogP contribution >= 0.6 is 11.8 Å². The standard InChI is InChI=1S/C11H14O3S/c1-14-10-4-2-3-9(7-10)8-15-6-5-11(12)13/h2-4,7H,5-6,8H2,1H3,(H,12,13). The Kier molecular flexibility index (Phi) is 5.04. The zero-order chi connectivity index (χ0) is 11.1. The molecule has 1 aromatic carbocycles. The molecule has 82 valence electrons. The number of aliphatic carboxylic acids is 1. The molecule has 0 saturated carbocycles. The first-order valence-electron chi connectivity index (χ1n) is 4.65. The van der Waals surface area contributed by atoms with E-state index in [2.05, 4.69) is 0 Å². The van der Waals surface area contributed by atoms with E-state index in [-0.39, 0.29) is 6.42 Å². The maximum Gasteiger partial charge on any atom is 0.304 e. The Labute approximate surface area is 93.4 Å². The first-order chi connectivity index (χ1) is 7.22. The van der Waals surface area contributed by atoms with Gasteiger partial charge in [-0.15, -0.1) is 0 Å². The van der Waals surface area contributed by atoms with Gasteiger partial charge in [0.2, 0.25) is 0 Å². The molecule has 0 aliphatic heterocycles. The molecule has 0 unspecified atom stereocenters. The Bertz CT molecular complexity index is 325. The first kappa shape index (κ1) is 11.9. The predicted molar refractivity (Wildman–Crippen MR) is 61.4 cm³/mol. The summed E-state index contributed by atoms with van der Waals surface area (Å²) in [5, 5.41) is 8.46. The highest BCUT2D eigenvalue weighted by Gasteiger charge is 1.99. The topological polar surface area (TPSA) is 46.5 Å². The number of ether oxygens (including phenoxy) is 1. The fourth-order valence-electron chi connectivity index (χ4n) is 1.11. The highest BCUT2D eigenvalue weighted by atomic mass is 32.2. The summed E-state index contributed by atoms with van der Waals surface area (Å²) in [5.41, 5.74) is 1.16. The van der Waals surface area contributed by atoms with Gasteiger partial charge in [0, 0.05) is 11.5 Å². The van der Waals surface area contributed by atoms with Gasteiger partial charge in [0.25, 0.3) is 0 Å². The Balaban J connectivity index is 2.33. The SMILES string of the molecule is COc1cccc(CSCCC(=O)O)c1. The van der Waals surface area contributed by atoms with Crippen molar-refractivity contribution in [3.05, 3.63) is 29.8 Å². The third kappa shape index (κ3) is 4.74. The van der Waals surface area contributed by atoms with Gasteiger partial charge in [-0.3, -0.25) is 4.79 Å². The van der Waals surface area contributed by atoms with Gasteiger partial charge in [0.05, 0.1) is 13.5 Å². The summed E-state index contributed by atoms with van der Waals surface area (Å²) in [6, 6.07) is 7.81. The number of hydrogen-bond acceptors (Lipinski definition) is 3. The molecule has 0 fully saturated rings. The van der Waals surface area contributed by atoms with Crippen molar-refractivity contribution in [2.75, 3.05) is 12.9 Å². The highest BCUT2D eigenvalue weighted by Crippen LogP contribution is 2.18. The van der Waals surface area contributed by atoms with Crippen molar-refractivity contribution >= 4 is 17.7 Å². The Morgan fingerprint density at radius 3 is 3.00 bits per heavy atom. The third-order valence-electron chi connectivity index (χ3n) is 1.86. The summed E-state index contributed by atoms with van der Waals surface area (Å²) in [5.74, 6) is 1.57. The molecule has 0 saturated heterocycles. The third-order valence-corrected chi connectivity index (χ3v) is 2.89. The number of carboxylic acid groups (broad SMARTS) is 1. The largest absolute Gasteiger partial charge is 0.497 e. The fraction of sp³-hybridized carbons (Fsp3) is 0.364. The molecule has 3 nitrogen and oxygen atoms in total. The van der Waals surface area contributed by atoms with E-state index in [1.54, 1.807) is 18.9 Å². The van der Waals surface area contributed by atoms with Crippen LogP contribution in [0, 0.1) is 0 Å². The summed E-state index contributed by atoms with van der Waals surface area (Å²) >= 11 is 1.62. The molecule has 0 spiro atoms. The van der Waals surface area contributed by atoms with Crippen LogP contribution in [0.2, 0.25) is 0 Å². The Hall–Kier alpha value is -1.16. The second-order valence-electron chi connectivity index (χ2n) is 3.05. The van der Waals surface area contributed by atoms with E-state index >= 15 is 0 Å². The molecule has 0 atom stereocenters. The van der Waals surface area contributed by atoms with Crippen molar-refractivity contribution < 1.29 is 14.6 Å². The van der Waals surface area contributed by atoms with Gasteiger partial charge in [-0.05, 0) is 17.7 Å². The normalized spacial score (nSPS) is 9.93. The van der Waals surface area contributed by atoms with Crippen LogP contribution in [0.3, 0.4) is 0 Å². The molecule has 1 N–H and O–H groups in total. The van der Waals surface area contributed by atoms with Crippen LogP contribution < -0.4 is 4.74 Å². The van der Waals surface area contributed by atoms with Crippen molar-refractivity contribution in [3.8, 4) is 5.75 Å².